The molecule has 0 radical (unpaired) electrons. The molecule has 0 bridgehead atoms. The predicted octanol–water partition coefficient (Wildman–Crippen LogP) is 3.44. The van der Waals surface area contributed by atoms with Crippen molar-refractivity contribution in [3.8, 4) is 16.9 Å². The van der Waals surface area contributed by atoms with Crippen molar-refractivity contribution in [1.29, 1.82) is 0 Å². The minimum atomic E-state index is -0.975. The normalized spacial score (nSPS) is 11.4. The summed E-state index contributed by atoms with van der Waals surface area (Å²) < 4.78 is 1.74. The number of para-hydroxylation sites is 1. The number of thioether (sulfide) groups is 1. The van der Waals surface area contributed by atoms with E-state index in [-0.39, 0.29) is 60.0 Å². The number of benzene rings is 3. The molecule has 1 aromatic heterocycles. The average molecular weight is 527 g/mol. The molecular weight excluding hydrogens is 499 g/mol. The first-order chi connectivity index (χ1) is 17.4. The molecule has 4 aromatic rings. The molecule has 0 saturated heterocycles. The number of nitrogens with zero attached hydrogens (tertiary/aromatic N) is 2. The first-order valence-corrected chi connectivity index (χ1v) is 12.5. The number of hydrogen-bond acceptors (Lipinski definition) is 5. The molecule has 0 saturated carbocycles. The summed E-state index contributed by atoms with van der Waals surface area (Å²) in [4.78, 5) is 35.4. The second-order valence-corrected chi connectivity index (χ2v) is 9.49. The Labute approximate surface area is 241 Å². The van der Waals surface area contributed by atoms with E-state index in [1.54, 1.807) is 10.7 Å². The number of rotatable bonds is 10. The Hall–Kier alpha value is -3.11. The van der Waals surface area contributed by atoms with Crippen molar-refractivity contribution < 1.29 is 19.5 Å². The molecule has 1 atom stereocenters. The van der Waals surface area contributed by atoms with Gasteiger partial charge < -0.3 is 15.7 Å². The summed E-state index contributed by atoms with van der Waals surface area (Å²) >= 11 is 1.27. The number of carbonyl (C=O) groups is 3. The zero-order chi connectivity index (χ0) is 25.5. The summed E-state index contributed by atoms with van der Waals surface area (Å²) in [5.41, 5.74) is 2.72. The Kier molecular flexibility index (Phi) is 10.3. The van der Waals surface area contributed by atoms with Crippen LogP contribution in [0.1, 0.15) is 23.8 Å². The van der Waals surface area contributed by atoms with Crippen LogP contribution >= 0.6 is 11.8 Å². The summed E-state index contributed by atoms with van der Waals surface area (Å²) in [5.74, 6) is -1.32. The summed E-state index contributed by atoms with van der Waals surface area (Å²) in [6.07, 6.45) is -0.147. The SMILES string of the molecule is CC(=O)NCSC(CNC(=O)c1cc(-c2ccc3ccccc3c2)n(-c2ccccc2)n1)CC(=O)O.[NaH]. The van der Waals surface area contributed by atoms with Gasteiger partial charge in [0, 0.05) is 24.3 Å². The van der Waals surface area contributed by atoms with E-state index in [9.17, 15) is 19.5 Å². The monoisotopic (exact) mass is 526 g/mol. The van der Waals surface area contributed by atoms with Gasteiger partial charge in [0.25, 0.3) is 5.91 Å². The van der Waals surface area contributed by atoms with Crippen molar-refractivity contribution in [2.24, 2.45) is 0 Å². The topological polar surface area (TPSA) is 113 Å². The van der Waals surface area contributed by atoms with Crippen LogP contribution in [0.15, 0.2) is 78.9 Å². The fourth-order valence-corrected chi connectivity index (χ4v) is 4.74. The molecule has 0 aliphatic heterocycles. The second-order valence-electron chi connectivity index (χ2n) is 8.20. The van der Waals surface area contributed by atoms with E-state index in [1.807, 2.05) is 66.7 Å². The van der Waals surface area contributed by atoms with Crippen LogP contribution in [0.5, 0.6) is 0 Å². The van der Waals surface area contributed by atoms with Crippen LogP contribution in [-0.2, 0) is 9.59 Å². The van der Waals surface area contributed by atoms with Crippen LogP contribution in [0.2, 0.25) is 0 Å². The molecule has 10 heteroatoms. The number of amides is 2. The zero-order valence-electron chi connectivity index (χ0n) is 19.7. The quantitative estimate of drug-likeness (QED) is 0.216. The van der Waals surface area contributed by atoms with Gasteiger partial charge in [-0.1, -0.05) is 54.6 Å². The molecule has 0 spiro atoms. The predicted molar refractivity (Wildman–Crippen MR) is 148 cm³/mol. The Morgan fingerprint density at radius 3 is 2.35 bits per heavy atom. The van der Waals surface area contributed by atoms with Crippen molar-refractivity contribution in [1.82, 2.24) is 20.4 Å². The number of carbonyl (C=O) groups excluding carboxylic acids is 2. The molecule has 186 valence electrons. The van der Waals surface area contributed by atoms with Crippen molar-refractivity contribution >= 4 is 69.9 Å². The molecule has 1 heterocycles. The van der Waals surface area contributed by atoms with Crippen molar-refractivity contribution in [2.75, 3.05) is 12.4 Å². The molecule has 0 fully saturated rings. The van der Waals surface area contributed by atoms with Gasteiger partial charge in [-0.2, -0.15) is 5.10 Å². The molecule has 1 unspecified atom stereocenters. The van der Waals surface area contributed by atoms with Gasteiger partial charge in [0.1, 0.15) is 0 Å². The number of carboxylic acids is 1. The van der Waals surface area contributed by atoms with E-state index < -0.39 is 17.1 Å². The van der Waals surface area contributed by atoms with E-state index in [4.69, 9.17) is 0 Å². The molecule has 4 rings (SSSR count). The van der Waals surface area contributed by atoms with Gasteiger partial charge in [0.2, 0.25) is 5.91 Å². The molecule has 8 nitrogen and oxygen atoms in total. The van der Waals surface area contributed by atoms with Gasteiger partial charge in [-0.05, 0) is 35.0 Å². The average Bonchev–Trinajstić information content (AvgIpc) is 3.32. The third kappa shape index (κ3) is 7.69. The summed E-state index contributed by atoms with van der Waals surface area (Å²) in [7, 11) is 0. The number of aliphatic carboxylic acids is 1. The minimum absolute atomic E-state index is 0. The van der Waals surface area contributed by atoms with Gasteiger partial charge >= 0.3 is 35.5 Å². The van der Waals surface area contributed by atoms with E-state index >= 15 is 0 Å². The van der Waals surface area contributed by atoms with Crippen molar-refractivity contribution in [3.05, 3.63) is 84.6 Å². The number of carboxylic acid groups (broad SMARTS) is 1. The van der Waals surface area contributed by atoms with Crippen LogP contribution in [0.25, 0.3) is 27.7 Å². The van der Waals surface area contributed by atoms with E-state index in [0.29, 0.717) is 0 Å². The fourth-order valence-electron chi connectivity index (χ4n) is 3.76. The maximum atomic E-state index is 13.0. The summed E-state index contributed by atoms with van der Waals surface area (Å²) in [5, 5.41) is 21.0. The van der Waals surface area contributed by atoms with Crippen LogP contribution in [-0.4, -0.2) is 79.9 Å². The molecule has 3 N–H and O–H groups in total. The Morgan fingerprint density at radius 1 is 0.946 bits per heavy atom. The third-order valence-electron chi connectivity index (χ3n) is 5.52. The van der Waals surface area contributed by atoms with Gasteiger partial charge in [-0.3, -0.25) is 14.4 Å². The molecule has 2 amide bonds. The van der Waals surface area contributed by atoms with Crippen LogP contribution in [0, 0.1) is 0 Å². The first kappa shape index (κ1) is 28.5. The summed E-state index contributed by atoms with van der Waals surface area (Å²) in [6.45, 7) is 1.52. The molecule has 0 aliphatic rings. The van der Waals surface area contributed by atoms with Gasteiger partial charge in [-0.15, -0.1) is 11.8 Å². The van der Waals surface area contributed by atoms with Gasteiger partial charge in [0.15, 0.2) is 5.69 Å². The first-order valence-electron chi connectivity index (χ1n) is 11.4. The summed E-state index contributed by atoms with van der Waals surface area (Å²) in [6, 6.07) is 25.5. The Morgan fingerprint density at radius 2 is 1.65 bits per heavy atom. The number of fused-ring (bicyclic) bond motifs is 1. The van der Waals surface area contributed by atoms with E-state index in [1.165, 1.54) is 18.7 Å². The van der Waals surface area contributed by atoms with E-state index in [0.717, 1.165) is 27.7 Å². The molecule has 3 aromatic carbocycles. The maximum absolute atomic E-state index is 13.0. The fraction of sp³-hybridized carbons (Fsp3) is 0.185. The molecule has 37 heavy (non-hydrogen) atoms. The molecular formula is C27H27N4NaO4S. The van der Waals surface area contributed by atoms with Crippen LogP contribution < -0.4 is 10.6 Å². The zero-order valence-corrected chi connectivity index (χ0v) is 20.5. The Balaban J connectivity index is 0.00000380. The van der Waals surface area contributed by atoms with Crippen LogP contribution in [0.4, 0.5) is 0 Å². The number of aromatic nitrogens is 2. The van der Waals surface area contributed by atoms with Gasteiger partial charge in [0.05, 0.1) is 23.7 Å². The van der Waals surface area contributed by atoms with Crippen molar-refractivity contribution in [2.45, 2.75) is 18.6 Å². The Bertz CT molecular complexity index is 1390. The second kappa shape index (κ2) is 13.4. The van der Waals surface area contributed by atoms with Crippen molar-refractivity contribution in [3.63, 3.8) is 0 Å². The van der Waals surface area contributed by atoms with E-state index in [2.05, 4.69) is 21.8 Å². The number of nitrogens with one attached hydrogen (secondary N) is 2. The molecule has 0 aliphatic carbocycles. The number of hydrogen-bond donors (Lipinski definition) is 3. The van der Waals surface area contributed by atoms with Crippen LogP contribution in [0.3, 0.4) is 0 Å². The third-order valence-corrected chi connectivity index (χ3v) is 6.64. The standard InChI is InChI=1S/C27H26N4O4S.Na.H/c1-18(32)29-17-36-23(14-26(33)34)16-28-27(35)24-15-25(31(30-24)22-9-3-2-4-10-22)21-12-11-19-7-5-6-8-20(19)13-21;;/h2-13,15,23H,14,16-17H2,1H3,(H,28,35)(H,29,32)(H,33,34);;. The van der Waals surface area contributed by atoms with Gasteiger partial charge in [-0.25, -0.2) is 4.68 Å².